The SMILES string of the molecule is C=C/C(=C\C(C)=O)C(CC)CCCCc1cc(C)ccc1C. The minimum Gasteiger partial charge on any atom is -0.295 e. The maximum Gasteiger partial charge on any atom is 0.152 e. The molecule has 1 aromatic carbocycles. The zero-order valence-electron chi connectivity index (χ0n) is 14.6. The Bertz CT molecular complexity index is 537. The van der Waals surface area contributed by atoms with Gasteiger partial charge >= 0.3 is 0 Å². The lowest BCUT2D eigenvalue weighted by Gasteiger charge is -2.16. The number of ketones is 1. The Morgan fingerprint density at radius 1 is 1.27 bits per heavy atom. The van der Waals surface area contributed by atoms with Gasteiger partial charge in [-0.1, -0.05) is 49.8 Å². The highest BCUT2D eigenvalue weighted by atomic mass is 16.1. The molecule has 0 aliphatic carbocycles. The molecule has 0 fully saturated rings. The van der Waals surface area contributed by atoms with Crippen LogP contribution in [0, 0.1) is 19.8 Å². The third kappa shape index (κ3) is 6.01. The molecule has 22 heavy (non-hydrogen) atoms. The molecule has 1 rings (SSSR count). The van der Waals surface area contributed by atoms with E-state index in [-0.39, 0.29) is 5.78 Å². The van der Waals surface area contributed by atoms with Crippen LogP contribution in [0.2, 0.25) is 0 Å². The van der Waals surface area contributed by atoms with Gasteiger partial charge in [-0.05, 0) is 75.1 Å². The highest BCUT2D eigenvalue weighted by Gasteiger charge is 2.10. The lowest BCUT2D eigenvalue weighted by atomic mass is 9.89. The maximum absolute atomic E-state index is 11.3. The summed E-state index contributed by atoms with van der Waals surface area (Å²) in [5.41, 5.74) is 5.30. The Morgan fingerprint density at radius 2 is 2.00 bits per heavy atom. The Balaban J connectivity index is 2.52. The van der Waals surface area contributed by atoms with Crippen LogP contribution < -0.4 is 0 Å². The molecule has 1 nitrogen and oxygen atoms in total. The summed E-state index contributed by atoms with van der Waals surface area (Å²) < 4.78 is 0. The van der Waals surface area contributed by atoms with Gasteiger partial charge in [0.15, 0.2) is 5.78 Å². The number of hydrogen-bond acceptors (Lipinski definition) is 1. The number of allylic oxidation sites excluding steroid dienone is 3. The predicted octanol–water partition coefficient (Wildman–Crippen LogP) is 5.74. The first-order valence-corrected chi connectivity index (χ1v) is 8.38. The molecule has 0 aliphatic rings. The fraction of sp³-hybridized carbons (Fsp3) is 0.476. The average molecular weight is 298 g/mol. The zero-order chi connectivity index (χ0) is 16.5. The molecule has 0 heterocycles. The Morgan fingerprint density at radius 3 is 2.59 bits per heavy atom. The van der Waals surface area contributed by atoms with Crippen LogP contribution in [0.1, 0.15) is 56.2 Å². The molecule has 0 saturated heterocycles. The van der Waals surface area contributed by atoms with Gasteiger partial charge in [0, 0.05) is 0 Å². The number of carbonyl (C=O) groups is 1. The van der Waals surface area contributed by atoms with Crippen molar-refractivity contribution in [2.75, 3.05) is 0 Å². The normalized spacial score (nSPS) is 13.0. The largest absolute Gasteiger partial charge is 0.295 e. The average Bonchev–Trinajstić information content (AvgIpc) is 2.48. The van der Waals surface area contributed by atoms with Crippen molar-refractivity contribution >= 4 is 5.78 Å². The predicted molar refractivity (Wildman–Crippen MR) is 96.2 cm³/mol. The van der Waals surface area contributed by atoms with Crippen molar-refractivity contribution in [1.82, 2.24) is 0 Å². The topological polar surface area (TPSA) is 17.1 Å². The van der Waals surface area contributed by atoms with E-state index in [1.807, 2.05) is 6.08 Å². The van der Waals surface area contributed by atoms with Gasteiger partial charge in [-0.15, -0.1) is 0 Å². The second-order valence-corrected chi connectivity index (χ2v) is 6.24. The molecule has 0 spiro atoms. The van der Waals surface area contributed by atoms with E-state index in [1.54, 1.807) is 13.0 Å². The van der Waals surface area contributed by atoms with Crippen LogP contribution in [0.4, 0.5) is 0 Å². The monoisotopic (exact) mass is 298 g/mol. The molecule has 0 saturated carbocycles. The van der Waals surface area contributed by atoms with Crippen molar-refractivity contribution in [2.45, 2.75) is 59.8 Å². The molecule has 0 radical (unpaired) electrons. The molecular weight excluding hydrogens is 268 g/mol. The lowest BCUT2D eigenvalue weighted by Crippen LogP contribution is -2.04. The van der Waals surface area contributed by atoms with Gasteiger partial charge in [0.25, 0.3) is 0 Å². The Kier molecular flexibility index (Phi) is 7.87. The fourth-order valence-corrected chi connectivity index (χ4v) is 2.96. The summed E-state index contributed by atoms with van der Waals surface area (Å²) in [6, 6.07) is 6.69. The van der Waals surface area contributed by atoms with E-state index in [4.69, 9.17) is 0 Å². The van der Waals surface area contributed by atoms with Crippen LogP contribution in [0.25, 0.3) is 0 Å². The quantitative estimate of drug-likeness (QED) is 0.322. The number of unbranched alkanes of at least 4 members (excludes halogenated alkanes) is 1. The molecule has 1 unspecified atom stereocenters. The third-order valence-electron chi connectivity index (χ3n) is 4.32. The van der Waals surface area contributed by atoms with Crippen molar-refractivity contribution in [2.24, 2.45) is 5.92 Å². The van der Waals surface area contributed by atoms with Crippen molar-refractivity contribution in [3.8, 4) is 0 Å². The van der Waals surface area contributed by atoms with Gasteiger partial charge in [0.1, 0.15) is 0 Å². The smallest absolute Gasteiger partial charge is 0.152 e. The molecule has 0 amide bonds. The van der Waals surface area contributed by atoms with Gasteiger partial charge in [0.2, 0.25) is 0 Å². The first-order chi connectivity index (χ1) is 10.5. The third-order valence-corrected chi connectivity index (χ3v) is 4.32. The minimum absolute atomic E-state index is 0.115. The number of benzene rings is 1. The fourth-order valence-electron chi connectivity index (χ4n) is 2.96. The zero-order valence-corrected chi connectivity index (χ0v) is 14.6. The number of aryl methyl sites for hydroxylation is 3. The Labute approximate surface area is 136 Å². The van der Waals surface area contributed by atoms with Crippen molar-refractivity contribution in [1.29, 1.82) is 0 Å². The molecule has 0 aliphatic heterocycles. The molecule has 0 aromatic heterocycles. The molecule has 0 bridgehead atoms. The number of rotatable bonds is 9. The molecule has 120 valence electrons. The first-order valence-electron chi connectivity index (χ1n) is 8.38. The van der Waals surface area contributed by atoms with Crippen LogP contribution in [0.5, 0.6) is 0 Å². The maximum atomic E-state index is 11.3. The van der Waals surface area contributed by atoms with E-state index in [0.29, 0.717) is 5.92 Å². The first kappa shape index (κ1) is 18.4. The van der Waals surface area contributed by atoms with Crippen molar-refractivity contribution in [3.05, 3.63) is 59.2 Å². The van der Waals surface area contributed by atoms with Gasteiger partial charge in [-0.25, -0.2) is 0 Å². The van der Waals surface area contributed by atoms with E-state index in [2.05, 4.69) is 45.5 Å². The lowest BCUT2D eigenvalue weighted by molar-refractivity contribution is -0.112. The van der Waals surface area contributed by atoms with E-state index < -0.39 is 0 Å². The summed E-state index contributed by atoms with van der Waals surface area (Å²) >= 11 is 0. The van der Waals surface area contributed by atoms with Crippen LogP contribution in [0.3, 0.4) is 0 Å². The standard InChI is InChI=1S/C21H30O/c1-6-19(20(7-2)15-18(5)22)10-8-9-11-21-14-16(3)12-13-17(21)4/h7,12-15,19H,2,6,8-11H2,1,3-5H3/b20-15+. The van der Waals surface area contributed by atoms with E-state index in [1.165, 1.54) is 29.5 Å². The summed E-state index contributed by atoms with van der Waals surface area (Å²) in [5, 5.41) is 0. The molecular formula is C21H30O. The number of carbonyl (C=O) groups excluding carboxylic acids is 1. The van der Waals surface area contributed by atoms with Crippen LogP contribution >= 0.6 is 0 Å². The highest BCUT2D eigenvalue weighted by molar-refractivity contribution is 5.88. The molecule has 1 atom stereocenters. The molecule has 1 heteroatoms. The molecule has 1 aromatic rings. The van der Waals surface area contributed by atoms with Crippen LogP contribution in [-0.4, -0.2) is 5.78 Å². The highest BCUT2D eigenvalue weighted by Crippen LogP contribution is 2.23. The van der Waals surface area contributed by atoms with Crippen molar-refractivity contribution < 1.29 is 4.79 Å². The van der Waals surface area contributed by atoms with Gasteiger partial charge in [-0.3, -0.25) is 4.79 Å². The van der Waals surface area contributed by atoms with E-state index in [9.17, 15) is 4.79 Å². The summed E-state index contributed by atoms with van der Waals surface area (Å²) in [5.74, 6) is 0.573. The second-order valence-electron chi connectivity index (χ2n) is 6.24. The summed E-state index contributed by atoms with van der Waals surface area (Å²) in [6.07, 6.45) is 9.32. The van der Waals surface area contributed by atoms with Crippen molar-refractivity contribution in [3.63, 3.8) is 0 Å². The van der Waals surface area contributed by atoms with Crippen LogP contribution in [-0.2, 0) is 11.2 Å². The summed E-state index contributed by atoms with van der Waals surface area (Å²) in [6.45, 7) is 12.0. The van der Waals surface area contributed by atoms with Crippen LogP contribution in [0.15, 0.2) is 42.5 Å². The minimum atomic E-state index is 0.115. The second kappa shape index (κ2) is 9.40. The van der Waals surface area contributed by atoms with E-state index in [0.717, 1.165) is 24.8 Å². The summed E-state index contributed by atoms with van der Waals surface area (Å²) in [7, 11) is 0. The molecule has 0 N–H and O–H groups in total. The number of hydrogen-bond donors (Lipinski definition) is 0. The van der Waals surface area contributed by atoms with Gasteiger partial charge in [-0.2, -0.15) is 0 Å². The van der Waals surface area contributed by atoms with Gasteiger partial charge in [0.05, 0.1) is 0 Å². The van der Waals surface area contributed by atoms with Gasteiger partial charge < -0.3 is 0 Å². The summed E-state index contributed by atoms with van der Waals surface area (Å²) in [4.78, 5) is 11.3. The van der Waals surface area contributed by atoms with E-state index >= 15 is 0 Å². The Hall–Kier alpha value is -1.63.